The Hall–Kier alpha value is -2.96. The van der Waals surface area contributed by atoms with E-state index in [0.29, 0.717) is 12.1 Å². The molecule has 3 aromatic rings. The summed E-state index contributed by atoms with van der Waals surface area (Å²) in [7, 11) is 1.75. The summed E-state index contributed by atoms with van der Waals surface area (Å²) in [6.45, 7) is 0.499. The first kappa shape index (κ1) is 13.0. The normalized spacial score (nSPS) is 10.5. The summed E-state index contributed by atoms with van der Waals surface area (Å²) in [6.07, 6.45) is 10.2. The Morgan fingerprint density at radius 2 is 2.29 bits per heavy atom. The van der Waals surface area contributed by atoms with E-state index in [1.165, 1.54) is 0 Å². The second-order valence-electron chi connectivity index (χ2n) is 4.64. The fourth-order valence-electron chi connectivity index (χ4n) is 1.99. The van der Waals surface area contributed by atoms with Gasteiger partial charge < -0.3 is 4.90 Å². The molecular formula is C14H14N6O. The van der Waals surface area contributed by atoms with Gasteiger partial charge in [0.1, 0.15) is 12.1 Å². The van der Waals surface area contributed by atoms with Gasteiger partial charge >= 0.3 is 0 Å². The van der Waals surface area contributed by atoms with Crippen LogP contribution in [-0.2, 0) is 6.54 Å². The Labute approximate surface area is 121 Å². The molecule has 21 heavy (non-hydrogen) atoms. The van der Waals surface area contributed by atoms with Crippen LogP contribution in [-0.4, -0.2) is 42.6 Å². The number of aromatic amines is 1. The molecule has 1 N–H and O–H groups in total. The molecule has 0 aromatic carbocycles. The molecule has 106 valence electrons. The van der Waals surface area contributed by atoms with Crippen molar-refractivity contribution in [1.82, 2.24) is 29.6 Å². The molecule has 0 unspecified atom stereocenters. The zero-order chi connectivity index (χ0) is 14.7. The molecule has 0 aliphatic heterocycles. The number of imidazole rings is 1. The number of aromatic nitrogens is 5. The van der Waals surface area contributed by atoms with Crippen LogP contribution in [0.3, 0.4) is 0 Å². The molecule has 0 radical (unpaired) electrons. The van der Waals surface area contributed by atoms with E-state index in [2.05, 4.69) is 20.2 Å². The van der Waals surface area contributed by atoms with E-state index in [-0.39, 0.29) is 5.91 Å². The van der Waals surface area contributed by atoms with Gasteiger partial charge in [-0.1, -0.05) is 0 Å². The van der Waals surface area contributed by atoms with E-state index in [9.17, 15) is 4.79 Å². The largest absolute Gasteiger partial charge is 0.337 e. The van der Waals surface area contributed by atoms with Gasteiger partial charge in [-0.25, -0.2) is 9.97 Å². The maximum atomic E-state index is 12.3. The number of carbonyl (C=O) groups is 1. The summed E-state index contributed by atoms with van der Waals surface area (Å²) in [5.41, 5.74) is 1.50. The molecule has 1 amide bonds. The molecule has 7 heteroatoms. The minimum absolute atomic E-state index is 0.0825. The molecule has 0 saturated heterocycles. The van der Waals surface area contributed by atoms with Gasteiger partial charge in [0, 0.05) is 43.9 Å². The topological polar surface area (TPSA) is 79.7 Å². The number of pyridine rings is 1. The first-order valence-electron chi connectivity index (χ1n) is 6.41. The van der Waals surface area contributed by atoms with Gasteiger partial charge in [-0.2, -0.15) is 5.10 Å². The van der Waals surface area contributed by atoms with Crippen LogP contribution in [0.2, 0.25) is 0 Å². The number of rotatable bonds is 4. The lowest BCUT2D eigenvalue weighted by atomic mass is 10.2. The van der Waals surface area contributed by atoms with Crippen molar-refractivity contribution in [3.05, 3.63) is 60.6 Å². The lowest BCUT2D eigenvalue weighted by Crippen LogP contribution is -2.26. The molecule has 0 saturated carbocycles. The Kier molecular flexibility index (Phi) is 3.46. The zero-order valence-corrected chi connectivity index (χ0v) is 11.5. The van der Waals surface area contributed by atoms with E-state index in [4.69, 9.17) is 0 Å². The standard InChI is InChI=1S/C14H14N6O/c1-19(9-11-6-17-18-7-11)14(21)12-2-3-13(16-8-12)20-5-4-15-10-20/h2-8,10H,9H2,1H3,(H,17,18). The van der Waals surface area contributed by atoms with Crippen molar-refractivity contribution in [2.45, 2.75) is 6.54 Å². The molecule has 3 rings (SSSR count). The van der Waals surface area contributed by atoms with Crippen LogP contribution in [0.4, 0.5) is 0 Å². The number of H-pyrrole nitrogens is 1. The third kappa shape index (κ3) is 2.81. The molecule has 0 fully saturated rings. The third-order valence-corrected chi connectivity index (χ3v) is 3.09. The summed E-state index contributed by atoms with van der Waals surface area (Å²) in [5.74, 6) is 0.641. The summed E-state index contributed by atoms with van der Waals surface area (Å²) in [4.78, 5) is 22.2. The second kappa shape index (κ2) is 5.58. The number of amides is 1. The number of hydrogen-bond donors (Lipinski definition) is 1. The van der Waals surface area contributed by atoms with E-state index in [1.807, 2.05) is 0 Å². The molecule has 0 aliphatic rings. The van der Waals surface area contributed by atoms with Gasteiger partial charge in [-0.05, 0) is 12.1 Å². The minimum Gasteiger partial charge on any atom is -0.337 e. The SMILES string of the molecule is CN(Cc1cn[nH]c1)C(=O)c1ccc(-n2ccnc2)nc1. The van der Waals surface area contributed by atoms with Gasteiger partial charge in [0.2, 0.25) is 0 Å². The fourth-order valence-corrected chi connectivity index (χ4v) is 1.99. The Balaban J connectivity index is 1.72. The van der Waals surface area contributed by atoms with Crippen molar-refractivity contribution in [3.63, 3.8) is 0 Å². The summed E-state index contributed by atoms with van der Waals surface area (Å²) in [6, 6.07) is 3.55. The van der Waals surface area contributed by atoms with Gasteiger partial charge in [0.25, 0.3) is 5.91 Å². The number of nitrogens with one attached hydrogen (secondary N) is 1. The number of nitrogens with zero attached hydrogens (tertiary/aromatic N) is 5. The fraction of sp³-hybridized carbons (Fsp3) is 0.143. The van der Waals surface area contributed by atoms with Crippen LogP contribution in [0.15, 0.2) is 49.4 Å². The average Bonchev–Trinajstić information content (AvgIpc) is 3.20. The van der Waals surface area contributed by atoms with Crippen LogP contribution in [0, 0.1) is 0 Å². The maximum Gasteiger partial charge on any atom is 0.255 e. The average molecular weight is 282 g/mol. The summed E-state index contributed by atoms with van der Waals surface area (Å²) in [5, 5.41) is 6.59. The lowest BCUT2D eigenvalue weighted by Gasteiger charge is -2.16. The van der Waals surface area contributed by atoms with Crippen molar-refractivity contribution in [3.8, 4) is 5.82 Å². The predicted molar refractivity (Wildman–Crippen MR) is 75.7 cm³/mol. The van der Waals surface area contributed by atoms with Crippen LogP contribution in [0.5, 0.6) is 0 Å². The van der Waals surface area contributed by atoms with E-state index in [0.717, 1.165) is 11.4 Å². The second-order valence-corrected chi connectivity index (χ2v) is 4.64. The van der Waals surface area contributed by atoms with Crippen LogP contribution in [0.1, 0.15) is 15.9 Å². The quantitative estimate of drug-likeness (QED) is 0.781. The lowest BCUT2D eigenvalue weighted by molar-refractivity contribution is 0.0784. The molecule has 0 aliphatic carbocycles. The minimum atomic E-state index is -0.0825. The van der Waals surface area contributed by atoms with Gasteiger partial charge in [0.15, 0.2) is 0 Å². The third-order valence-electron chi connectivity index (χ3n) is 3.09. The van der Waals surface area contributed by atoms with Crippen molar-refractivity contribution >= 4 is 5.91 Å². The summed E-state index contributed by atoms with van der Waals surface area (Å²) < 4.78 is 1.78. The first-order valence-corrected chi connectivity index (χ1v) is 6.41. The van der Waals surface area contributed by atoms with Crippen molar-refractivity contribution in [1.29, 1.82) is 0 Å². The smallest absolute Gasteiger partial charge is 0.255 e. The highest BCUT2D eigenvalue weighted by molar-refractivity contribution is 5.93. The van der Waals surface area contributed by atoms with Gasteiger partial charge in [0.05, 0.1) is 11.8 Å². The first-order chi connectivity index (χ1) is 10.2. The number of hydrogen-bond acceptors (Lipinski definition) is 4. The molecule has 0 bridgehead atoms. The Morgan fingerprint density at radius 3 is 2.90 bits per heavy atom. The van der Waals surface area contributed by atoms with Crippen LogP contribution < -0.4 is 0 Å². The van der Waals surface area contributed by atoms with E-state index < -0.39 is 0 Å². The van der Waals surface area contributed by atoms with Crippen LogP contribution >= 0.6 is 0 Å². The van der Waals surface area contributed by atoms with E-state index in [1.54, 1.807) is 66.0 Å². The molecule has 3 heterocycles. The van der Waals surface area contributed by atoms with Gasteiger partial charge in [-0.3, -0.25) is 14.5 Å². The Morgan fingerprint density at radius 1 is 1.38 bits per heavy atom. The molecule has 0 spiro atoms. The zero-order valence-electron chi connectivity index (χ0n) is 11.5. The monoisotopic (exact) mass is 282 g/mol. The van der Waals surface area contributed by atoms with Crippen molar-refractivity contribution in [2.24, 2.45) is 0 Å². The molecule has 3 aromatic heterocycles. The maximum absolute atomic E-state index is 12.3. The number of carbonyl (C=O) groups excluding carboxylic acids is 1. The molecular weight excluding hydrogens is 268 g/mol. The highest BCUT2D eigenvalue weighted by Gasteiger charge is 2.13. The van der Waals surface area contributed by atoms with Gasteiger partial charge in [-0.15, -0.1) is 0 Å². The molecule has 0 atom stereocenters. The Bertz CT molecular complexity index is 703. The highest BCUT2D eigenvalue weighted by Crippen LogP contribution is 2.09. The van der Waals surface area contributed by atoms with Crippen molar-refractivity contribution in [2.75, 3.05) is 7.05 Å². The van der Waals surface area contributed by atoms with Crippen molar-refractivity contribution < 1.29 is 4.79 Å². The molecule has 7 nitrogen and oxygen atoms in total. The predicted octanol–water partition coefficient (Wildman–Crippen LogP) is 1.26. The summed E-state index contributed by atoms with van der Waals surface area (Å²) >= 11 is 0. The van der Waals surface area contributed by atoms with E-state index >= 15 is 0 Å². The highest BCUT2D eigenvalue weighted by atomic mass is 16.2. The van der Waals surface area contributed by atoms with Crippen LogP contribution in [0.25, 0.3) is 5.82 Å².